The molecule has 0 fully saturated rings. The number of nitrogens with zero attached hydrogens (tertiary/aromatic N) is 1. The molecule has 21 nitrogen and oxygen atoms in total. The Labute approximate surface area is 333 Å². The van der Waals surface area contributed by atoms with Crippen molar-refractivity contribution in [2.45, 2.75) is 96.3 Å². The predicted molar refractivity (Wildman–Crippen MR) is 201 cm³/mol. The van der Waals surface area contributed by atoms with Crippen molar-refractivity contribution in [2.24, 2.45) is 4.99 Å². The molecule has 1 rings (SSSR count). The molecule has 1 unspecified atom stereocenters. The fourth-order valence-corrected chi connectivity index (χ4v) is 4.64. The van der Waals surface area contributed by atoms with E-state index >= 15 is 0 Å². The van der Waals surface area contributed by atoms with Gasteiger partial charge < -0.3 is 63.3 Å². The number of rotatable bonds is 23. The Hall–Kier alpha value is -4.11. The third kappa shape index (κ3) is 23.0. The molecule has 6 atom stereocenters. The van der Waals surface area contributed by atoms with E-state index in [2.05, 4.69) is 32.2 Å². The first kappa shape index (κ1) is 50.9. The second-order valence-electron chi connectivity index (χ2n) is 14.2. The van der Waals surface area contributed by atoms with E-state index in [0.29, 0.717) is 33.0 Å². The fourth-order valence-electron chi connectivity index (χ4n) is 4.64. The molecule has 0 bridgehead atoms. The Morgan fingerprint density at radius 1 is 0.895 bits per heavy atom. The minimum absolute atomic E-state index is 0.178. The third-order valence-electron chi connectivity index (χ3n) is 6.84. The molecule has 0 saturated carbocycles. The molecule has 326 valence electrons. The lowest BCUT2D eigenvalue weighted by molar-refractivity contribution is -0.161. The Morgan fingerprint density at radius 3 is 1.89 bits per heavy atom. The molecule has 21 heteroatoms. The van der Waals surface area contributed by atoms with Crippen molar-refractivity contribution in [3.05, 3.63) is 11.8 Å². The second-order valence-corrected chi connectivity index (χ2v) is 14.2. The van der Waals surface area contributed by atoms with E-state index < -0.39 is 96.8 Å². The van der Waals surface area contributed by atoms with Crippen LogP contribution in [-0.4, -0.2) is 173 Å². The lowest BCUT2D eigenvalue weighted by atomic mass is 9.92. The predicted octanol–water partition coefficient (Wildman–Crippen LogP) is -0.933. The molecule has 0 spiro atoms. The van der Waals surface area contributed by atoms with Crippen LogP contribution in [0.3, 0.4) is 0 Å². The van der Waals surface area contributed by atoms with Crippen molar-refractivity contribution in [2.75, 3.05) is 79.7 Å². The van der Waals surface area contributed by atoms with Gasteiger partial charge in [-0.1, -0.05) is 5.92 Å². The highest BCUT2D eigenvalue weighted by molar-refractivity contribution is 6.01. The minimum Gasteiger partial charge on any atom is -0.478 e. The number of terminal acetylenes is 1. The zero-order chi connectivity index (χ0) is 43.0. The molecule has 1 aliphatic heterocycles. The summed E-state index contributed by atoms with van der Waals surface area (Å²) >= 11 is 0. The van der Waals surface area contributed by atoms with Gasteiger partial charge in [0, 0.05) is 13.5 Å². The van der Waals surface area contributed by atoms with Crippen molar-refractivity contribution < 1.29 is 77.1 Å². The minimum atomic E-state index is -1.70. The molecular weight excluding hydrogens is 758 g/mol. The number of carbonyl (C=O) groups is 4. The molecule has 1 heterocycles. The van der Waals surface area contributed by atoms with Gasteiger partial charge in [0.25, 0.3) is 0 Å². The van der Waals surface area contributed by atoms with Gasteiger partial charge in [0.1, 0.15) is 36.2 Å². The maximum Gasteiger partial charge on any atom is 0.414 e. The van der Waals surface area contributed by atoms with E-state index in [4.69, 9.17) is 49.1 Å². The van der Waals surface area contributed by atoms with E-state index in [9.17, 15) is 34.5 Å². The highest BCUT2D eigenvalue weighted by Crippen LogP contribution is 2.27. The van der Waals surface area contributed by atoms with Gasteiger partial charge in [0.2, 0.25) is 17.6 Å². The summed E-state index contributed by atoms with van der Waals surface area (Å²) in [4.78, 5) is 55.3. The molecule has 3 amide bonds. The summed E-state index contributed by atoms with van der Waals surface area (Å²) in [5, 5.41) is 41.6. The van der Waals surface area contributed by atoms with Crippen molar-refractivity contribution in [3.63, 3.8) is 0 Å². The number of guanidine groups is 1. The molecule has 0 aromatic carbocycles. The lowest BCUT2D eigenvalue weighted by Gasteiger charge is -2.40. The average Bonchev–Trinajstić information content (AvgIpc) is 3.10. The summed E-state index contributed by atoms with van der Waals surface area (Å²) in [7, 11) is 1.08. The standard InChI is InChI=1S/C36H61N5O16/c1-10-12-50-14-16-52-18-19-53-17-15-51-13-11-37-27(45)22-54-29(25(44)21-42)30-28(38-23(2)43)24(20-26(55-30)31(46)49-9)39-32(40-33(47)56-35(3,4)5)41-34(48)57-36(6,7)8/h1,20,24-25,27-30,37,42,44-45H,11-19,21-22H2,2-9H3,(H,38,43)(H2,39,40,41,47,48)/t24-,25+,27?,28+,29+,30+/m0/s1. The number of hydrogen-bond acceptors (Lipinski definition) is 18. The van der Waals surface area contributed by atoms with Gasteiger partial charge in [-0.3, -0.25) is 20.7 Å². The van der Waals surface area contributed by atoms with Crippen LogP contribution in [0.15, 0.2) is 16.8 Å². The van der Waals surface area contributed by atoms with Crippen molar-refractivity contribution >= 4 is 30.0 Å². The number of carbonyl (C=O) groups excluding carboxylic acids is 4. The first-order chi connectivity index (χ1) is 26.8. The van der Waals surface area contributed by atoms with Crippen LogP contribution >= 0.6 is 0 Å². The average molecular weight is 820 g/mol. The van der Waals surface area contributed by atoms with Gasteiger partial charge in [0.15, 0.2) is 6.10 Å². The fraction of sp³-hybridized carbons (Fsp3) is 0.750. The molecular formula is C36H61N5O16. The number of esters is 1. The maximum atomic E-state index is 12.8. The Kier molecular flexibility index (Phi) is 23.9. The molecule has 0 aromatic heterocycles. The van der Waals surface area contributed by atoms with E-state index in [1.165, 1.54) is 6.92 Å². The number of alkyl carbamates (subject to hydrolysis) is 2. The van der Waals surface area contributed by atoms with Gasteiger partial charge >= 0.3 is 18.2 Å². The van der Waals surface area contributed by atoms with Crippen molar-refractivity contribution in [3.8, 4) is 12.3 Å². The normalized spacial score (nSPS) is 18.4. The van der Waals surface area contributed by atoms with Crippen LogP contribution in [0, 0.1) is 12.3 Å². The van der Waals surface area contributed by atoms with Crippen LogP contribution in [0.2, 0.25) is 0 Å². The van der Waals surface area contributed by atoms with Crippen LogP contribution < -0.4 is 21.3 Å². The maximum absolute atomic E-state index is 12.8. The zero-order valence-corrected chi connectivity index (χ0v) is 34.0. The molecule has 7 N–H and O–H groups in total. The number of aliphatic hydroxyl groups is 3. The smallest absolute Gasteiger partial charge is 0.414 e. The first-order valence-corrected chi connectivity index (χ1v) is 18.2. The van der Waals surface area contributed by atoms with Crippen molar-refractivity contribution in [1.82, 2.24) is 21.3 Å². The number of ether oxygens (including phenoxy) is 9. The monoisotopic (exact) mass is 819 g/mol. The number of aliphatic imine (C=N–C) groups is 1. The number of aliphatic hydroxyl groups excluding tert-OH is 3. The number of methoxy groups -OCH3 is 1. The highest BCUT2D eigenvalue weighted by Gasteiger charge is 2.45. The van der Waals surface area contributed by atoms with Crippen LogP contribution in [0.1, 0.15) is 48.5 Å². The van der Waals surface area contributed by atoms with Gasteiger partial charge in [0.05, 0.1) is 78.7 Å². The largest absolute Gasteiger partial charge is 0.478 e. The quantitative estimate of drug-likeness (QED) is 0.0125. The molecule has 0 aromatic rings. The van der Waals surface area contributed by atoms with Gasteiger partial charge in [-0.2, -0.15) is 0 Å². The van der Waals surface area contributed by atoms with Crippen LogP contribution in [-0.2, 0) is 52.2 Å². The molecule has 0 aliphatic carbocycles. The van der Waals surface area contributed by atoms with Crippen molar-refractivity contribution in [1.29, 1.82) is 0 Å². The van der Waals surface area contributed by atoms with Crippen LogP contribution in [0.4, 0.5) is 9.59 Å². The summed E-state index contributed by atoms with van der Waals surface area (Å²) < 4.78 is 48.5. The summed E-state index contributed by atoms with van der Waals surface area (Å²) in [5.74, 6) is -0.224. The van der Waals surface area contributed by atoms with E-state index in [1.54, 1.807) is 41.5 Å². The van der Waals surface area contributed by atoms with E-state index in [-0.39, 0.29) is 26.4 Å². The summed E-state index contributed by atoms with van der Waals surface area (Å²) in [5.41, 5.74) is -1.91. The number of amides is 3. The molecule has 57 heavy (non-hydrogen) atoms. The van der Waals surface area contributed by atoms with Gasteiger partial charge in [-0.05, 0) is 47.6 Å². The highest BCUT2D eigenvalue weighted by atomic mass is 16.6. The lowest BCUT2D eigenvalue weighted by Crippen LogP contribution is -2.61. The van der Waals surface area contributed by atoms with E-state index in [0.717, 1.165) is 13.2 Å². The number of nitrogens with one attached hydrogen (secondary N) is 4. The van der Waals surface area contributed by atoms with E-state index in [1.807, 2.05) is 0 Å². The number of hydrogen-bond donors (Lipinski definition) is 7. The second kappa shape index (κ2) is 26.7. The van der Waals surface area contributed by atoms with Gasteiger partial charge in [-0.25, -0.2) is 19.4 Å². The molecule has 0 radical (unpaired) electrons. The van der Waals surface area contributed by atoms with Gasteiger partial charge in [-0.15, -0.1) is 6.42 Å². The van der Waals surface area contributed by atoms with Crippen LogP contribution in [0.25, 0.3) is 0 Å². The van der Waals surface area contributed by atoms with Crippen LogP contribution in [0.5, 0.6) is 0 Å². The summed E-state index contributed by atoms with van der Waals surface area (Å²) in [6.07, 6.45) is -1.87. The molecule has 0 saturated heterocycles. The zero-order valence-electron chi connectivity index (χ0n) is 34.0. The summed E-state index contributed by atoms with van der Waals surface area (Å²) in [6.45, 7) is 12.2. The summed E-state index contributed by atoms with van der Waals surface area (Å²) in [6, 6.07) is -2.66. The Morgan fingerprint density at radius 2 is 1.42 bits per heavy atom. The first-order valence-electron chi connectivity index (χ1n) is 18.2. The topological polar surface area (TPSA) is 273 Å². The molecule has 1 aliphatic rings. The Balaban J connectivity index is 3.14. The SMILES string of the molecule is C#CCOCCOCCOCCOCCNC(O)CO[C@@H]([C@@H]1OC(C(=O)OC)=C[C@H](N=C(NC(=O)OC(C)(C)C)NC(=O)OC(C)(C)C)[C@H]1NC(C)=O)[C@H](O)CO. The third-order valence-corrected chi connectivity index (χ3v) is 6.84. The Bertz CT molecular complexity index is 1310.